The smallest absolute Gasteiger partial charge is 0.119 e. The summed E-state index contributed by atoms with van der Waals surface area (Å²) in [6.07, 6.45) is 8.55. The second-order valence-corrected chi connectivity index (χ2v) is 9.07. The molecule has 2 aromatic rings. The number of hydrogen-bond acceptors (Lipinski definition) is 4. The van der Waals surface area contributed by atoms with E-state index in [1.54, 1.807) is 0 Å². The van der Waals surface area contributed by atoms with E-state index in [0.29, 0.717) is 12.2 Å². The number of nitrogens with zero attached hydrogens (tertiary/aromatic N) is 2. The van der Waals surface area contributed by atoms with Gasteiger partial charge in [-0.2, -0.15) is 5.26 Å². The molecule has 0 aliphatic heterocycles. The minimum absolute atomic E-state index is 0.663. The maximum atomic E-state index is 9.67. The van der Waals surface area contributed by atoms with E-state index >= 15 is 0 Å². The Balaban J connectivity index is 1.88. The standard InChI is InChI=1S/C28H38N2OS/c1-4-7-8-9-10-21-32-28-17-11-24(12-18-28)22-26(23-29)25-13-15-27(16-14-25)31-20-19-30(5-2)6-3/h11-18,22H,4-10,19-21H2,1-3H3/b26-22+. The SMILES string of the molecule is CCCCCCCSc1ccc(/C=C(\C#N)c2ccc(OCCN(CC)CC)cc2)cc1. The van der Waals surface area contributed by atoms with Crippen LogP contribution in [-0.4, -0.2) is 36.9 Å². The molecule has 0 saturated carbocycles. The van der Waals surface area contributed by atoms with E-state index < -0.39 is 0 Å². The molecule has 0 N–H and O–H groups in total. The monoisotopic (exact) mass is 450 g/mol. The molecular formula is C28H38N2OS. The third kappa shape index (κ3) is 9.51. The third-order valence-corrected chi connectivity index (χ3v) is 6.66. The highest BCUT2D eigenvalue weighted by Gasteiger charge is 2.04. The van der Waals surface area contributed by atoms with E-state index in [-0.39, 0.29) is 0 Å². The van der Waals surface area contributed by atoms with Crippen LogP contribution in [0.1, 0.15) is 64.0 Å². The van der Waals surface area contributed by atoms with Crippen LogP contribution in [0.25, 0.3) is 11.6 Å². The van der Waals surface area contributed by atoms with Crippen molar-refractivity contribution in [2.45, 2.75) is 57.8 Å². The van der Waals surface area contributed by atoms with Crippen LogP contribution in [0, 0.1) is 11.3 Å². The summed E-state index contributed by atoms with van der Waals surface area (Å²) < 4.78 is 5.85. The fraction of sp³-hybridized carbons (Fsp3) is 0.464. The zero-order valence-electron chi connectivity index (χ0n) is 20.0. The fourth-order valence-corrected chi connectivity index (χ4v) is 4.38. The molecule has 0 unspecified atom stereocenters. The van der Waals surface area contributed by atoms with Gasteiger partial charge in [-0.25, -0.2) is 0 Å². The van der Waals surface area contributed by atoms with Crippen molar-refractivity contribution in [3.05, 3.63) is 59.7 Å². The molecule has 0 amide bonds. The van der Waals surface area contributed by atoms with E-state index in [1.807, 2.05) is 42.1 Å². The van der Waals surface area contributed by atoms with Crippen molar-refractivity contribution in [3.8, 4) is 11.8 Å². The van der Waals surface area contributed by atoms with Crippen LogP contribution in [0.5, 0.6) is 5.75 Å². The van der Waals surface area contributed by atoms with Gasteiger partial charge in [-0.3, -0.25) is 0 Å². The highest BCUT2D eigenvalue weighted by Crippen LogP contribution is 2.24. The highest BCUT2D eigenvalue weighted by atomic mass is 32.2. The summed E-state index contributed by atoms with van der Waals surface area (Å²) in [6, 6.07) is 18.7. The number of likely N-dealkylation sites (N-methyl/N-ethyl adjacent to an activating group) is 1. The number of ether oxygens (including phenoxy) is 1. The molecule has 0 aliphatic rings. The molecule has 0 aromatic heterocycles. The summed E-state index contributed by atoms with van der Waals surface area (Å²) in [4.78, 5) is 3.63. The van der Waals surface area contributed by atoms with Crippen LogP contribution in [-0.2, 0) is 0 Å². The Morgan fingerprint density at radius 1 is 0.938 bits per heavy atom. The maximum Gasteiger partial charge on any atom is 0.119 e. The van der Waals surface area contributed by atoms with Gasteiger partial charge in [0, 0.05) is 11.4 Å². The van der Waals surface area contributed by atoms with Gasteiger partial charge in [-0.15, -0.1) is 11.8 Å². The number of thioether (sulfide) groups is 1. The predicted molar refractivity (Wildman–Crippen MR) is 139 cm³/mol. The highest BCUT2D eigenvalue weighted by molar-refractivity contribution is 7.99. The normalized spacial score (nSPS) is 11.5. The number of nitriles is 1. The molecule has 0 atom stereocenters. The van der Waals surface area contributed by atoms with Crippen molar-refractivity contribution in [2.24, 2.45) is 0 Å². The van der Waals surface area contributed by atoms with Gasteiger partial charge >= 0.3 is 0 Å². The van der Waals surface area contributed by atoms with Gasteiger partial charge < -0.3 is 9.64 Å². The minimum atomic E-state index is 0.663. The number of allylic oxidation sites excluding steroid dienone is 1. The average Bonchev–Trinajstić information content (AvgIpc) is 2.84. The number of benzene rings is 2. The summed E-state index contributed by atoms with van der Waals surface area (Å²) >= 11 is 1.92. The second-order valence-electron chi connectivity index (χ2n) is 7.90. The van der Waals surface area contributed by atoms with Gasteiger partial charge in [-0.05, 0) is 78.9 Å². The van der Waals surface area contributed by atoms with Gasteiger partial charge in [0.25, 0.3) is 0 Å². The minimum Gasteiger partial charge on any atom is -0.492 e. The summed E-state index contributed by atoms with van der Waals surface area (Å²) in [5, 5.41) is 9.67. The first kappa shape index (κ1) is 26.0. The molecule has 0 fully saturated rings. The van der Waals surface area contributed by atoms with Gasteiger partial charge in [0.15, 0.2) is 0 Å². The van der Waals surface area contributed by atoms with Crippen molar-refractivity contribution >= 4 is 23.4 Å². The quantitative estimate of drug-likeness (QED) is 0.122. The van der Waals surface area contributed by atoms with Gasteiger partial charge in [0.2, 0.25) is 0 Å². The van der Waals surface area contributed by atoms with E-state index in [0.717, 1.165) is 36.5 Å². The molecule has 0 spiro atoms. The van der Waals surface area contributed by atoms with Gasteiger partial charge in [0.05, 0.1) is 11.6 Å². The molecule has 32 heavy (non-hydrogen) atoms. The van der Waals surface area contributed by atoms with E-state index in [1.165, 1.54) is 42.8 Å². The summed E-state index contributed by atoms with van der Waals surface area (Å²) in [5.41, 5.74) is 2.62. The van der Waals surface area contributed by atoms with Crippen molar-refractivity contribution in [3.63, 3.8) is 0 Å². The number of unbranched alkanes of at least 4 members (excludes halogenated alkanes) is 4. The van der Waals surface area contributed by atoms with E-state index in [4.69, 9.17) is 4.74 Å². The summed E-state index contributed by atoms with van der Waals surface area (Å²) in [7, 11) is 0. The zero-order chi connectivity index (χ0) is 23.0. The summed E-state index contributed by atoms with van der Waals surface area (Å²) in [5.74, 6) is 2.01. The van der Waals surface area contributed by atoms with Crippen LogP contribution in [0.4, 0.5) is 0 Å². The van der Waals surface area contributed by atoms with Crippen LogP contribution in [0.3, 0.4) is 0 Å². The van der Waals surface area contributed by atoms with E-state index in [9.17, 15) is 5.26 Å². The molecule has 0 heterocycles. The predicted octanol–water partition coefficient (Wildman–Crippen LogP) is 7.53. The Hall–Kier alpha value is -2.22. The van der Waals surface area contributed by atoms with Crippen LogP contribution in [0.2, 0.25) is 0 Å². The average molecular weight is 451 g/mol. The molecule has 172 valence electrons. The lowest BCUT2D eigenvalue weighted by atomic mass is 10.0. The van der Waals surface area contributed by atoms with Crippen molar-refractivity contribution in [1.82, 2.24) is 4.90 Å². The van der Waals surface area contributed by atoms with Crippen molar-refractivity contribution in [2.75, 3.05) is 32.0 Å². The van der Waals surface area contributed by atoms with Crippen molar-refractivity contribution < 1.29 is 4.74 Å². The Bertz CT molecular complexity index is 833. The molecular weight excluding hydrogens is 412 g/mol. The summed E-state index contributed by atoms with van der Waals surface area (Å²) in [6.45, 7) is 10.2. The van der Waals surface area contributed by atoms with E-state index in [2.05, 4.69) is 56.0 Å². The Morgan fingerprint density at radius 3 is 2.25 bits per heavy atom. The Labute approximate surface area is 199 Å². The molecule has 2 aromatic carbocycles. The van der Waals surface area contributed by atoms with Crippen LogP contribution < -0.4 is 4.74 Å². The molecule has 0 saturated heterocycles. The van der Waals surface area contributed by atoms with Gasteiger partial charge in [-0.1, -0.05) is 58.6 Å². The molecule has 0 aliphatic carbocycles. The molecule has 2 rings (SSSR count). The second kappa shape index (κ2) is 15.6. The van der Waals surface area contributed by atoms with Crippen molar-refractivity contribution in [1.29, 1.82) is 5.26 Å². The lowest BCUT2D eigenvalue weighted by Crippen LogP contribution is -2.27. The Morgan fingerprint density at radius 2 is 1.62 bits per heavy atom. The number of hydrogen-bond donors (Lipinski definition) is 0. The third-order valence-electron chi connectivity index (χ3n) is 5.56. The first-order valence-corrected chi connectivity index (χ1v) is 13.0. The number of rotatable bonds is 15. The Kier molecular flexibility index (Phi) is 12.7. The maximum absolute atomic E-state index is 9.67. The molecule has 0 radical (unpaired) electrons. The van der Waals surface area contributed by atoms with Crippen LogP contribution >= 0.6 is 11.8 Å². The largest absolute Gasteiger partial charge is 0.492 e. The van der Waals surface area contributed by atoms with Gasteiger partial charge in [0.1, 0.15) is 12.4 Å². The van der Waals surface area contributed by atoms with Crippen LogP contribution in [0.15, 0.2) is 53.4 Å². The first-order valence-electron chi connectivity index (χ1n) is 12.0. The zero-order valence-corrected chi connectivity index (χ0v) is 20.8. The molecule has 4 heteroatoms. The molecule has 0 bridgehead atoms. The lowest BCUT2D eigenvalue weighted by Gasteiger charge is -2.18. The molecule has 3 nitrogen and oxygen atoms in total. The fourth-order valence-electron chi connectivity index (χ4n) is 3.47. The first-order chi connectivity index (χ1) is 15.7. The topological polar surface area (TPSA) is 36.3 Å². The lowest BCUT2D eigenvalue weighted by molar-refractivity contribution is 0.223.